The molecule has 4 aliphatic rings. The third-order valence-electron chi connectivity index (χ3n) is 4.41. The summed E-state index contributed by atoms with van der Waals surface area (Å²) in [5.74, 6) is -0.659. The third kappa shape index (κ3) is 1.64. The fourth-order valence-electron chi connectivity index (χ4n) is 3.43. The van der Waals surface area contributed by atoms with Gasteiger partial charge in [0.1, 0.15) is 6.10 Å². The summed E-state index contributed by atoms with van der Waals surface area (Å²) >= 11 is 3.67. The molecule has 0 aromatic carbocycles. The molecule has 0 radical (unpaired) electrons. The van der Waals surface area contributed by atoms with E-state index in [1.807, 2.05) is 19.1 Å². The molecule has 0 aromatic heterocycles. The Morgan fingerprint density at radius 1 is 1.58 bits per heavy atom. The first kappa shape index (κ1) is 12.9. The van der Waals surface area contributed by atoms with Crippen LogP contribution in [0.3, 0.4) is 0 Å². The van der Waals surface area contributed by atoms with Crippen LogP contribution < -0.4 is 0 Å². The molecule has 0 spiro atoms. The summed E-state index contributed by atoms with van der Waals surface area (Å²) in [6.45, 7) is 3.75. The molecule has 0 N–H and O–H groups in total. The highest BCUT2D eigenvalue weighted by molar-refractivity contribution is 9.10. The van der Waals surface area contributed by atoms with Crippen LogP contribution in [-0.4, -0.2) is 28.5 Å². The molecule has 1 aliphatic heterocycles. The Labute approximate surface area is 120 Å². The van der Waals surface area contributed by atoms with Gasteiger partial charge in [0, 0.05) is 12.0 Å². The number of ether oxygens (including phenoxy) is 2. The smallest absolute Gasteiger partial charge is 0.330 e. The molecule has 1 heterocycles. The third-order valence-corrected chi connectivity index (χ3v) is 5.85. The van der Waals surface area contributed by atoms with Gasteiger partial charge in [-0.25, -0.2) is 4.79 Å². The average Bonchev–Trinajstić information content (AvgIpc) is 2.66. The molecular weight excluding hydrogens is 312 g/mol. The van der Waals surface area contributed by atoms with Crippen molar-refractivity contribution in [2.45, 2.75) is 30.4 Å². The molecule has 6 atom stereocenters. The van der Waals surface area contributed by atoms with Gasteiger partial charge < -0.3 is 9.47 Å². The lowest BCUT2D eigenvalue weighted by Crippen LogP contribution is -2.60. The topological polar surface area (TPSA) is 52.6 Å². The van der Waals surface area contributed by atoms with Crippen molar-refractivity contribution in [1.29, 1.82) is 0 Å². The first-order chi connectivity index (χ1) is 8.99. The molecule has 1 saturated carbocycles. The predicted octanol–water partition coefficient (Wildman–Crippen LogP) is 1.99. The summed E-state index contributed by atoms with van der Waals surface area (Å²) in [6.07, 6.45) is 6.19. The van der Waals surface area contributed by atoms with Crippen LogP contribution in [0.4, 0.5) is 0 Å². The number of hydrogen-bond donors (Lipinski definition) is 0. The van der Waals surface area contributed by atoms with Gasteiger partial charge in [-0.05, 0) is 12.8 Å². The molecule has 1 saturated heterocycles. The zero-order chi connectivity index (χ0) is 13.8. The van der Waals surface area contributed by atoms with Crippen molar-refractivity contribution in [3.63, 3.8) is 0 Å². The number of esters is 2. The molecule has 102 valence electrons. The van der Waals surface area contributed by atoms with Crippen LogP contribution in [0.15, 0.2) is 24.3 Å². The standard InChI is InChI=1S/C14H15BrO4/c1-3-4-9(16)18-12-11-8-5-6-14(12,15)7(2)10(8)13(17)19-11/h3-8,10-12H,1-2H3. The highest BCUT2D eigenvalue weighted by Crippen LogP contribution is 2.57. The van der Waals surface area contributed by atoms with Gasteiger partial charge >= 0.3 is 11.9 Å². The molecule has 6 unspecified atom stereocenters. The Bertz CT molecular complexity index is 498. The SMILES string of the molecule is CC=CC(=O)OC1C2OC(=O)C3C2C=CC1(Br)C3C. The Hall–Kier alpha value is -1.10. The Morgan fingerprint density at radius 2 is 2.32 bits per heavy atom. The van der Waals surface area contributed by atoms with E-state index in [0.717, 1.165) is 0 Å². The molecule has 4 rings (SSSR count). The van der Waals surface area contributed by atoms with Gasteiger partial charge in [-0.3, -0.25) is 4.79 Å². The fourth-order valence-corrected chi connectivity index (χ4v) is 4.22. The lowest BCUT2D eigenvalue weighted by atomic mass is 9.61. The monoisotopic (exact) mass is 326 g/mol. The zero-order valence-corrected chi connectivity index (χ0v) is 12.3. The van der Waals surface area contributed by atoms with Crippen molar-refractivity contribution in [2.75, 3.05) is 0 Å². The lowest BCUT2D eigenvalue weighted by Gasteiger charge is -2.49. The quantitative estimate of drug-likeness (QED) is 0.337. The Kier molecular flexibility index (Phi) is 2.85. The minimum atomic E-state index is -0.513. The first-order valence-corrected chi connectivity index (χ1v) is 7.20. The predicted molar refractivity (Wildman–Crippen MR) is 71.5 cm³/mol. The summed E-state index contributed by atoms with van der Waals surface area (Å²) < 4.78 is 10.4. The van der Waals surface area contributed by atoms with Crippen molar-refractivity contribution in [3.05, 3.63) is 24.3 Å². The van der Waals surface area contributed by atoms with E-state index >= 15 is 0 Å². The van der Waals surface area contributed by atoms with Crippen LogP contribution in [0, 0.1) is 17.8 Å². The molecule has 19 heavy (non-hydrogen) atoms. The van der Waals surface area contributed by atoms with Crippen molar-refractivity contribution >= 4 is 27.9 Å². The van der Waals surface area contributed by atoms with Crippen molar-refractivity contribution in [1.82, 2.24) is 0 Å². The number of halogens is 1. The molecule has 4 nitrogen and oxygen atoms in total. The maximum atomic E-state index is 11.9. The number of rotatable bonds is 2. The minimum Gasteiger partial charge on any atom is -0.457 e. The normalized spacial score (nSPS) is 46.7. The van der Waals surface area contributed by atoms with E-state index in [4.69, 9.17) is 9.47 Å². The zero-order valence-electron chi connectivity index (χ0n) is 10.7. The van der Waals surface area contributed by atoms with Gasteiger partial charge in [0.25, 0.3) is 0 Å². The van der Waals surface area contributed by atoms with Crippen LogP contribution in [-0.2, 0) is 19.1 Å². The Morgan fingerprint density at radius 3 is 3.00 bits per heavy atom. The number of hydrogen-bond acceptors (Lipinski definition) is 4. The van der Waals surface area contributed by atoms with Crippen LogP contribution in [0.2, 0.25) is 0 Å². The lowest BCUT2D eigenvalue weighted by molar-refractivity contribution is -0.159. The van der Waals surface area contributed by atoms with Gasteiger partial charge in [-0.1, -0.05) is 41.1 Å². The summed E-state index contributed by atoms with van der Waals surface area (Å²) in [5, 5.41) is 0. The van der Waals surface area contributed by atoms with Gasteiger partial charge in [0.2, 0.25) is 0 Å². The second-order valence-corrected chi connectivity index (χ2v) is 6.71. The van der Waals surface area contributed by atoms with Gasteiger partial charge in [-0.15, -0.1) is 0 Å². The number of allylic oxidation sites excluding steroid dienone is 1. The van der Waals surface area contributed by atoms with E-state index in [0.29, 0.717) is 0 Å². The summed E-state index contributed by atoms with van der Waals surface area (Å²) in [7, 11) is 0. The number of carbonyl (C=O) groups excluding carboxylic acids is 2. The summed E-state index contributed by atoms with van der Waals surface area (Å²) in [5.41, 5.74) is 0. The first-order valence-electron chi connectivity index (χ1n) is 6.41. The van der Waals surface area contributed by atoms with E-state index in [1.54, 1.807) is 13.0 Å². The largest absolute Gasteiger partial charge is 0.457 e. The van der Waals surface area contributed by atoms with Gasteiger partial charge in [0.05, 0.1) is 10.2 Å². The molecule has 4 bridgehead atoms. The molecular formula is C14H15BrO4. The van der Waals surface area contributed by atoms with E-state index in [9.17, 15) is 9.59 Å². The van der Waals surface area contributed by atoms with Crippen LogP contribution in [0.25, 0.3) is 0 Å². The van der Waals surface area contributed by atoms with Crippen molar-refractivity contribution < 1.29 is 19.1 Å². The second-order valence-electron chi connectivity index (χ2n) is 5.34. The summed E-state index contributed by atoms with van der Waals surface area (Å²) in [4.78, 5) is 23.6. The van der Waals surface area contributed by atoms with Crippen LogP contribution in [0.1, 0.15) is 13.8 Å². The summed E-state index contributed by atoms with van der Waals surface area (Å²) in [6, 6.07) is 0. The van der Waals surface area contributed by atoms with E-state index in [2.05, 4.69) is 15.9 Å². The molecule has 0 amide bonds. The minimum absolute atomic E-state index is 0.0188. The maximum absolute atomic E-state index is 11.9. The second kappa shape index (κ2) is 4.20. The number of alkyl halides is 1. The van der Waals surface area contributed by atoms with Crippen LogP contribution in [0.5, 0.6) is 0 Å². The van der Waals surface area contributed by atoms with Gasteiger partial charge in [0.15, 0.2) is 6.10 Å². The van der Waals surface area contributed by atoms with E-state index < -0.39 is 16.4 Å². The fraction of sp³-hybridized carbons (Fsp3) is 0.571. The van der Waals surface area contributed by atoms with Crippen molar-refractivity contribution in [2.24, 2.45) is 17.8 Å². The van der Waals surface area contributed by atoms with Crippen molar-refractivity contribution in [3.8, 4) is 0 Å². The highest BCUT2D eigenvalue weighted by Gasteiger charge is 2.66. The van der Waals surface area contributed by atoms with E-state index in [1.165, 1.54) is 6.08 Å². The highest BCUT2D eigenvalue weighted by atomic mass is 79.9. The molecule has 5 heteroatoms. The average molecular weight is 327 g/mol. The molecule has 3 aliphatic carbocycles. The number of carbonyl (C=O) groups is 2. The molecule has 2 fully saturated rings. The Balaban J connectivity index is 1.96. The van der Waals surface area contributed by atoms with Crippen LogP contribution >= 0.6 is 15.9 Å². The van der Waals surface area contributed by atoms with E-state index in [-0.39, 0.29) is 29.8 Å². The molecule has 0 aromatic rings. The van der Waals surface area contributed by atoms with Gasteiger partial charge in [-0.2, -0.15) is 0 Å². The maximum Gasteiger partial charge on any atom is 0.330 e.